The molecule has 34 heteroatoms. The third kappa shape index (κ3) is 13.7. The fourth-order valence-corrected chi connectivity index (χ4v) is 9.62. The third-order valence-corrected chi connectivity index (χ3v) is 13.6. The van der Waals surface area contributed by atoms with Crippen molar-refractivity contribution >= 4 is 17.7 Å². The normalized spacial score (nSPS) is 48.2. The van der Waals surface area contributed by atoms with E-state index in [-0.39, 0.29) is 0 Å². The fourth-order valence-electron chi connectivity index (χ4n) is 9.62. The van der Waals surface area contributed by atoms with Crippen molar-refractivity contribution < 1.29 is 153 Å². The van der Waals surface area contributed by atoms with Crippen molar-refractivity contribution in [1.82, 2.24) is 16.0 Å². The van der Waals surface area contributed by atoms with Crippen LogP contribution in [0.25, 0.3) is 0 Å². The lowest BCUT2D eigenvalue weighted by Gasteiger charge is -2.50. The van der Waals surface area contributed by atoms with E-state index in [1.807, 2.05) is 0 Å². The molecule has 6 saturated heterocycles. The summed E-state index contributed by atoms with van der Waals surface area (Å²) in [5.41, 5.74) is 0. The van der Waals surface area contributed by atoms with E-state index in [0.717, 1.165) is 20.8 Å². The van der Waals surface area contributed by atoms with Crippen LogP contribution in [0.1, 0.15) is 20.8 Å². The number of ether oxygens (including phenoxy) is 11. The smallest absolute Gasteiger partial charge is 0.217 e. The van der Waals surface area contributed by atoms with E-state index in [0.29, 0.717) is 0 Å². The molecule has 76 heavy (non-hydrogen) atoms. The number of hydrogen-bond donors (Lipinski definition) is 20. The Balaban J connectivity index is 1.33. The van der Waals surface area contributed by atoms with Crippen LogP contribution in [-0.2, 0) is 66.5 Å². The number of hydrogen-bond acceptors (Lipinski definition) is 31. The quantitative estimate of drug-likeness (QED) is 0.0571. The van der Waals surface area contributed by atoms with E-state index in [1.54, 1.807) is 0 Å². The number of rotatable bonds is 19. The molecule has 30 atom stereocenters. The minimum Gasteiger partial charge on any atom is -0.394 e. The highest BCUT2D eigenvalue weighted by molar-refractivity contribution is 5.74. The Bertz CT molecular complexity index is 1870. The van der Waals surface area contributed by atoms with Gasteiger partial charge in [-0.3, -0.25) is 14.4 Å². The molecule has 1 unspecified atom stereocenters. The Morgan fingerprint density at radius 2 is 0.697 bits per heavy atom. The Morgan fingerprint density at radius 1 is 0.342 bits per heavy atom. The maximum atomic E-state index is 12.8. The van der Waals surface area contributed by atoms with E-state index < -0.39 is 241 Å². The van der Waals surface area contributed by atoms with Gasteiger partial charge in [0.05, 0.1) is 39.6 Å². The minimum atomic E-state index is -2.30. The molecule has 0 aromatic carbocycles. The van der Waals surface area contributed by atoms with E-state index in [2.05, 4.69) is 16.0 Å². The van der Waals surface area contributed by atoms with Crippen molar-refractivity contribution in [3.63, 3.8) is 0 Å². The lowest BCUT2D eigenvalue weighted by molar-refractivity contribution is -0.379. The van der Waals surface area contributed by atoms with Crippen molar-refractivity contribution in [2.75, 3.05) is 39.6 Å². The van der Waals surface area contributed by atoms with Gasteiger partial charge in [0.1, 0.15) is 146 Å². The predicted octanol–water partition coefficient (Wildman–Crippen LogP) is -13.7. The van der Waals surface area contributed by atoms with Crippen LogP contribution in [0.2, 0.25) is 0 Å². The molecule has 6 aliphatic rings. The Labute approximate surface area is 431 Å². The van der Waals surface area contributed by atoms with E-state index >= 15 is 0 Å². The molecule has 0 saturated carbocycles. The molecule has 0 aromatic rings. The maximum absolute atomic E-state index is 12.8. The molecular formula is C42H71N3O31. The molecule has 0 radical (unpaired) electrons. The second-order valence-corrected chi connectivity index (χ2v) is 19.0. The topological polar surface area (TPSA) is 533 Å². The minimum absolute atomic E-state index is 0.797. The molecule has 6 aliphatic heterocycles. The lowest BCUT2D eigenvalue weighted by Crippen LogP contribution is -2.70. The summed E-state index contributed by atoms with van der Waals surface area (Å²) >= 11 is 0. The monoisotopic (exact) mass is 1110 g/mol. The summed E-state index contributed by atoms with van der Waals surface area (Å²) in [6, 6.07) is -5.16. The number of aliphatic hydroxyl groups excluding tert-OH is 17. The van der Waals surface area contributed by atoms with Crippen LogP contribution in [0, 0.1) is 0 Å². The first-order valence-corrected chi connectivity index (χ1v) is 24.1. The van der Waals surface area contributed by atoms with Gasteiger partial charge in [-0.05, 0) is 0 Å². The second kappa shape index (κ2) is 27.2. The zero-order chi connectivity index (χ0) is 56.2. The van der Waals surface area contributed by atoms with Gasteiger partial charge in [-0.1, -0.05) is 0 Å². The summed E-state index contributed by atoms with van der Waals surface area (Å²) in [4.78, 5) is 37.6. The van der Waals surface area contributed by atoms with Crippen molar-refractivity contribution in [3.8, 4) is 0 Å². The molecule has 34 nitrogen and oxygen atoms in total. The van der Waals surface area contributed by atoms with Gasteiger partial charge in [0.15, 0.2) is 37.7 Å². The summed E-state index contributed by atoms with van der Waals surface area (Å²) < 4.78 is 63.5. The van der Waals surface area contributed by atoms with Crippen molar-refractivity contribution in [3.05, 3.63) is 0 Å². The Kier molecular flexibility index (Phi) is 22.3. The molecular weight excluding hydrogens is 1040 g/mol. The summed E-state index contributed by atoms with van der Waals surface area (Å²) in [6.45, 7) is -2.64. The number of carbonyl (C=O) groups excluding carboxylic acids is 3. The van der Waals surface area contributed by atoms with Crippen LogP contribution in [0.3, 0.4) is 0 Å². The predicted molar refractivity (Wildman–Crippen MR) is 234 cm³/mol. The van der Waals surface area contributed by atoms with E-state index in [9.17, 15) is 101 Å². The van der Waals surface area contributed by atoms with Crippen LogP contribution in [0.15, 0.2) is 0 Å². The van der Waals surface area contributed by atoms with Crippen LogP contribution in [0.5, 0.6) is 0 Å². The maximum Gasteiger partial charge on any atom is 0.217 e. The molecule has 6 rings (SSSR count). The first kappa shape index (κ1) is 62.5. The Hall–Kier alpha value is -2.71. The standard InChI is InChI=1S/C42H71N3O31/c1-10(51)43-19-27(59)33(73-40-30(62)28(60)22(54)13(4-46)69-40)17(8-50)71-38(19)66-9-18-26(58)36(32(64)42(72-18)74-34-20(44-11(2)52)37(65)67-15(6-48)24(34)56)76-39-21(45-12(3)53)35(25(57)16(7-49)68-39)75-41-31(63)29(61)23(55)14(5-47)70-41/h13-42,46-50,54-65H,4-9H2,1-3H3,(H,43,51)(H,44,52)(H,45,53)/t13-,14-,15-,16-,17-,18-,19-,20-,21-,22+,23+,24-,25-,26+,27-,28+,29+,30-,31-,32-,33-,34-,35-,36+,37?,38-,39+,40+,41+,42+/m1/s1. The number of nitrogens with one attached hydrogen (secondary N) is 3. The third-order valence-electron chi connectivity index (χ3n) is 13.6. The van der Waals surface area contributed by atoms with Gasteiger partial charge in [-0.2, -0.15) is 0 Å². The zero-order valence-corrected chi connectivity index (χ0v) is 40.9. The van der Waals surface area contributed by atoms with E-state index in [1.165, 1.54) is 0 Å². The van der Waals surface area contributed by atoms with Crippen molar-refractivity contribution in [2.24, 2.45) is 0 Å². The average molecular weight is 1110 g/mol. The van der Waals surface area contributed by atoms with E-state index in [4.69, 9.17) is 52.1 Å². The highest BCUT2D eigenvalue weighted by Crippen LogP contribution is 2.36. The van der Waals surface area contributed by atoms with Crippen LogP contribution in [-0.4, -0.2) is 328 Å². The van der Waals surface area contributed by atoms with Gasteiger partial charge in [-0.15, -0.1) is 0 Å². The highest BCUT2D eigenvalue weighted by atomic mass is 16.8. The molecule has 6 fully saturated rings. The van der Waals surface area contributed by atoms with Gasteiger partial charge in [-0.25, -0.2) is 0 Å². The van der Waals surface area contributed by atoms with Gasteiger partial charge >= 0.3 is 0 Å². The molecule has 440 valence electrons. The molecule has 20 N–H and O–H groups in total. The molecule has 0 spiro atoms. The lowest BCUT2D eigenvalue weighted by atomic mass is 9.94. The first-order chi connectivity index (χ1) is 35.9. The SMILES string of the molecule is CC(=O)N[C@H]1[C@H](OC[C@H]2O[C@@H](O[C@H]3[C@H](O)[C@@H](CO)OC(O)[C@@H]3NC(C)=O)[C@H](O)[C@@H](O[C@@H]3O[C@H](CO)[C@@H](O)[C@H](O[C@@H]4O[C@H](CO)[C@H](O)[C@H](O)[C@H]4O)[C@H]3NC(C)=O)[C@H]2O)O[C@H](CO)[C@@H](O[C@@H]2O[C@H](CO)[C@H](O)[C@H](O)[C@H]2O)[C@@H]1O. The van der Waals surface area contributed by atoms with Gasteiger partial charge < -0.3 is 155 Å². The van der Waals surface area contributed by atoms with Gasteiger partial charge in [0.25, 0.3) is 0 Å². The van der Waals surface area contributed by atoms with Crippen LogP contribution >= 0.6 is 0 Å². The van der Waals surface area contributed by atoms with Crippen molar-refractivity contribution in [2.45, 2.75) is 205 Å². The zero-order valence-electron chi connectivity index (χ0n) is 40.9. The average Bonchev–Trinajstić information content (AvgIpc) is 3.38. The highest BCUT2D eigenvalue weighted by Gasteiger charge is 2.58. The number of carbonyl (C=O) groups is 3. The molecule has 0 aliphatic carbocycles. The first-order valence-electron chi connectivity index (χ1n) is 24.1. The van der Waals surface area contributed by atoms with Crippen LogP contribution in [0.4, 0.5) is 0 Å². The summed E-state index contributed by atoms with van der Waals surface area (Å²) in [7, 11) is 0. The summed E-state index contributed by atoms with van der Waals surface area (Å²) in [5.74, 6) is -2.49. The van der Waals surface area contributed by atoms with Crippen molar-refractivity contribution in [1.29, 1.82) is 0 Å². The molecule has 0 bridgehead atoms. The largest absolute Gasteiger partial charge is 0.394 e. The van der Waals surface area contributed by atoms with Crippen LogP contribution < -0.4 is 16.0 Å². The Morgan fingerprint density at radius 3 is 1.18 bits per heavy atom. The number of aliphatic hydroxyl groups is 17. The summed E-state index contributed by atoms with van der Waals surface area (Å²) in [6.07, 6.45) is -51.4. The summed E-state index contributed by atoms with van der Waals surface area (Å²) in [5, 5.41) is 190. The van der Waals surface area contributed by atoms with Gasteiger partial charge in [0, 0.05) is 20.8 Å². The fraction of sp³-hybridized carbons (Fsp3) is 0.929. The molecule has 6 heterocycles. The molecule has 0 aromatic heterocycles. The molecule has 3 amide bonds. The number of amides is 3. The van der Waals surface area contributed by atoms with Gasteiger partial charge in [0.2, 0.25) is 17.7 Å². The second-order valence-electron chi connectivity index (χ2n) is 19.0.